The van der Waals surface area contributed by atoms with E-state index in [1.54, 1.807) is 19.1 Å². The van der Waals surface area contributed by atoms with Crippen LogP contribution in [0.1, 0.15) is 42.7 Å². The Labute approximate surface area is 112 Å². The Kier molecular flexibility index (Phi) is 6.09. The lowest BCUT2D eigenvalue weighted by Gasteiger charge is -2.08. The van der Waals surface area contributed by atoms with Crippen LogP contribution in [-0.4, -0.2) is 28.6 Å². The second-order valence-corrected chi connectivity index (χ2v) is 4.70. The minimum Gasteiger partial charge on any atom is -0.393 e. The number of hydrogen-bond acceptors (Lipinski definition) is 3. The summed E-state index contributed by atoms with van der Waals surface area (Å²) in [4.78, 5) is 16.0. The summed E-state index contributed by atoms with van der Waals surface area (Å²) >= 11 is 5.88. The number of hydrogen-bond donors (Lipinski definition) is 2. The predicted molar refractivity (Wildman–Crippen MR) is 71.9 cm³/mol. The van der Waals surface area contributed by atoms with Gasteiger partial charge in [0.15, 0.2) is 0 Å². The number of amides is 1. The van der Waals surface area contributed by atoms with Crippen molar-refractivity contribution < 1.29 is 9.90 Å². The molecule has 0 aromatic carbocycles. The molecule has 4 nitrogen and oxygen atoms in total. The highest BCUT2D eigenvalue weighted by molar-refractivity contribution is 6.29. The SMILES string of the molecule is CCCc1cc(C(=O)NCCC(C)O)cc(Cl)n1. The molecule has 0 saturated carbocycles. The molecule has 2 N–H and O–H groups in total. The van der Waals surface area contributed by atoms with E-state index in [4.69, 9.17) is 16.7 Å². The Morgan fingerprint density at radius 3 is 2.89 bits per heavy atom. The van der Waals surface area contributed by atoms with E-state index in [-0.39, 0.29) is 5.91 Å². The number of aromatic nitrogens is 1. The normalized spacial score (nSPS) is 12.2. The van der Waals surface area contributed by atoms with Crippen LogP contribution in [0.2, 0.25) is 5.15 Å². The highest BCUT2D eigenvalue weighted by atomic mass is 35.5. The fourth-order valence-electron chi connectivity index (χ4n) is 1.56. The van der Waals surface area contributed by atoms with Gasteiger partial charge in [0.2, 0.25) is 0 Å². The van der Waals surface area contributed by atoms with Crippen molar-refractivity contribution in [2.24, 2.45) is 0 Å². The summed E-state index contributed by atoms with van der Waals surface area (Å²) in [6, 6.07) is 3.31. The third kappa shape index (κ3) is 5.02. The van der Waals surface area contributed by atoms with Crippen molar-refractivity contribution in [3.05, 3.63) is 28.5 Å². The average Bonchev–Trinajstić information content (AvgIpc) is 2.28. The first-order valence-corrected chi connectivity index (χ1v) is 6.53. The molecule has 0 aliphatic heterocycles. The van der Waals surface area contributed by atoms with Gasteiger partial charge in [0.25, 0.3) is 5.91 Å². The molecule has 0 aliphatic rings. The number of aliphatic hydroxyl groups excluding tert-OH is 1. The minimum absolute atomic E-state index is 0.183. The van der Waals surface area contributed by atoms with Crippen molar-refractivity contribution in [1.82, 2.24) is 10.3 Å². The van der Waals surface area contributed by atoms with Gasteiger partial charge in [-0.05, 0) is 31.9 Å². The van der Waals surface area contributed by atoms with Crippen molar-refractivity contribution in [3.63, 3.8) is 0 Å². The lowest BCUT2D eigenvalue weighted by molar-refractivity contribution is 0.0945. The second-order valence-electron chi connectivity index (χ2n) is 4.31. The summed E-state index contributed by atoms with van der Waals surface area (Å²) in [6.45, 7) is 4.18. The van der Waals surface area contributed by atoms with Crippen molar-refractivity contribution in [3.8, 4) is 0 Å². The molecule has 18 heavy (non-hydrogen) atoms. The monoisotopic (exact) mass is 270 g/mol. The van der Waals surface area contributed by atoms with Crippen LogP contribution in [0.25, 0.3) is 0 Å². The molecule has 0 aliphatic carbocycles. The van der Waals surface area contributed by atoms with Gasteiger partial charge in [-0.1, -0.05) is 24.9 Å². The predicted octanol–water partition coefficient (Wildman–Crippen LogP) is 2.19. The fraction of sp³-hybridized carbons (Fsp3) is 0.538. The standard InChI is InChI=1S/C13H19ClN2O2/c1-3-4-11-7-10(8-12(14)16-11)13(18)15-6-5-9(2)17/h7-9,17H,3-6H2,1-2H3,(H,15,18). The quantitative estimate of drug-likeness (QED) is 0.779. The number of pyridine rings is 1. The topological polar surface area (TPSA) is 62.2 Å². The van der Waals surface area contributed by atoms with Crippen LogP contribution in [0.15, 0.2) is 12.1 Å². The van der Waals surface area contributed by atoms with Crippen LogP contribution in [0.4, 0.5) is 0 Å². The van der Waals surface area contributed by atoms with E-state index in [1.165, 1.54) is 0 Å². The van der Waals surface area contributed by atoms with E-state index in [0.29, 0.717) is 23.7 Å². The lowest BCUT2D eigenvalue weighted by Crippen LogP contribution is -2.26. The molecule has 0 saturated heterocycles. The van der Waals surface area contributed by atoms with Crippen molar-refractivity contribution in [2.45, 2.75) is 39.2 Å². The maximum absolute atomic E-state index is 11.9. The molecule has 5 heteroatoms. The molecule has 1 heterocycles. The average molecular weight is 271 g/mol. The van der Waals surface area contributed by atoms with E-state index < -0.39 is 6.10 Å². The summed E-state index contributed by atoms with van der Waals surface area (Å²) in [6.07, 6.45) is 1.87. The summed E-state index contributed by atoms with van der Waals surface area (Å²) in [5, 5.41) is 12.2. The Morgan fingerprint density at radius 1 is 1.56 bits per heavy atom. The fourth-order valence-corrected chi connectivity index (χ4v) is 1.79. The van der Waals surface area contributed by atoms with Gasteiger partial charge in [0.1, 0.15) is 5.15 Å². The maximum atomic E-state index is 11.9. The number of carbonyl (C=O) groups is 1. The van der Waals surface area contributed by atoms with Crippen LogP contribution < -0.4 is 5.32 Å². The highest BCUT2D eigenvalue weighted by Gasteiger charge is 2.09. The van der Waals surface area contributed by atoms with Crippen LogP contribution in [0.3, 0.4) is 0 Å². The minimum atomic E-state index is -0.415. The van der Waals surface area contributed by atoms with Crippen LogP contribution in [0, 0.1) is 0 Å². The van der Waals surface area contributed by atoms with Crippen molar-refractivity contribution in [2.75, 3.05) is 6.54 Å². The van der Waals surface area contributed by atoms with Crippen LogP contribution >= 0.6 is 11.6 Å². The van der Waals surface area contributed by atoms with Crippen LogP contribution in [-0.2, 0) is 6.42 Å². The van der Waals surface area contributed by atoms with E-state index in [1.807, 2.05) is 6.92 Å². The van der Waals surface area contributed by atoms with Gasteiger partial charge in [-0.3, -0.25) is 4.79 Å². The zero-order chi connectivity index (χ0) is 13.5. The smallest absolute Gasteiger partial charge is 0.251 e. The number of nitrogens with one attached hydrogen (secondary N) is 1. The molecule has 0 bridgehead atoms. The summed E-state index contributed by atoms with van der Waals surface area (Å²) < 4.78 is 0. The molecule has 100 valence electrons. The highest BCUT2D eigenvalue weighted by Crippen LogP contribution is 2.12. The van der Waals surface area contributed by atoms with E-state index >= 15 is 0 Å². The third-order valence-electron chi connectivity index (χ3n) is 2.46. The first-order chi connectivity index (χ1) is 8.52. The molecule has 1 atom stereocenters. The van der Waals surface area contributed by atoms with E-state index in [0.717, 1.165) is 18.5 Å². The number of carbonyl (C=O) groups excluding carboxylic acids is 1. The molecule has 1 rings (SSSR count). The molecule has 1 amide bonds. The van der Waals surface area contributed by atoms with Crippen LogP contribution in [0.5, 0.6) is 0 Å². The van der Waals surface area contributed by atoms with E-state index in [9.17, 15) is 4.79 Å². The lowest BCUT2D eigenvalue weighted by atomic mass is 10.1. The van der Waals surface area contributed by atoms with Gasteiger partial charge in [-0.15, -0.1) is 0 Å². The summed E-state index contributed by atoms with van der Waals surface area (Å²) in [5.74, 6) is -0.183. The van der Waals surface area contributed by atoms with Crippen molar-refractivity contribution in [1.29, 1.82) is 0 Å². The Balaban J connectivity index is 2.66. The number of nitrogens with zero attached hydrogens (tertiary/aromatic N) is 1. The number of aliphatic hydroxyl groups is 1. The first kappa shape index (κ1) is 14.9. The Hall–Kier alpha value is -1.13. The van der Waals surface area contributed by atoms with E-state index in [2.05, 4.69) is 10.3 Å². The van der Waals surface area contributed by atoms with Gasteiger partial charge < -0.3 is 10.4 Å². The third-order valence-corrected chi connectivity index (χ3v) is 2.66. The van der Waals surface area contributed by atoms with Gasteiger partial charge in [0, 0.05) is 17.8 Å². The molecule has 1 aromatic heterocycles. The van der Waals surface area contributed by atoms with Gasteiger partial charge in [-0.2, -0.15) is 0 Å². The summed E-state index contributed by atoms with van der Waals surface area (Å²) in [7, 11) is 0. The molecule has 0 radical (unpaired) electrons. The molecule has 1 aromatic rings. The molecule has 0 spiro atoms. The molecule has 0 fully saturated rings. The van der Waals surface area contributed by atoms with Gasteiger partial charge in [-0.25, -0.2) is 4.98 Å². The second kappa shape index (κ2) is 7.34. The number of rotatable bonds is 6. The zero-order valence-corrected chi connectivity index (χ0v) is 11.5. The first-order valence-electron chi connectivity index (χ1n) is 6.15. The van der Waals surface area contributed by atoms with Gasteiger partial charge in [0.05, 0.1) is 6.10 Å². The van der Waals surface area contributed by atoms with Crippen molar-refractivity contribution >= 4 is 17.5 Å². The number of halogens is 1. The Bertz CT molecular complexity index is 408. The number of aryl methyl sites for hydroxylation is 1. The molecular weight excluding hydrogens is 252 g/mol. The zero-order valence-electron chi connectivity index (χ0n) is 10.7. The largest absolute Gasteiger partial charge is 0.393 e. The molecular formula is C13H19ClN2O2. The van der Waals surface area contributed by atoms with Gasteiger partial charge >= 0.3 is 0 Å². The molecule has 1 unspecified atom stereocenters. The maximum Gasteiger partial charge on any atom is 0.251 e. The Morgan fingerprint density at radius 2 is 2.28 bits per heavy atom. The summed E-state index contributed by atoms with van der Waals surface area (Å²) in [5.41, 5.74) is 1.34.